The number of ether oxygens (including phenoxy) is 4. The maximum atomic E-state index is 15.3. The predicted molar refractivity (Wildman–Crippen MR) is 516 cm³/mol. The first kappa shape index (κ1) is 74.8. The first-order valence-corrected chi connectivity index (χ1v) is 43.7. The maximum Gasteiger partial charge on any atom is 0.164 e. The third-order valence-corrected chi connectivity index (χ3v) is 28.4. The highest BCUT2D eigenvalue weighted by atomic mass is 16.8. The Balaban J connectivity index is 0.000000148. The van der Waals surface area contributed by atoms with Gasteiger partial charge in [0, 0.05) is 0 Å². The summed E-state index contributed by atoms with van der Waals surface area (Å²) in [5, 5.41) is 92.1. The van der Waals surface area contributed by atoms with E-state index in [1.807, 2.05) is 149 Å². The Labute approximate surface area is 725 Å². The monoisotopic (exact) mass is 1630 g/mol. The Bertz CT molecular complexity index is 7550. The minimum atomic E-state index is -1.97. The smallest absolute Gasteiger partial charge is 0.164 e. The molecule has 2 fully saturated rings. The fraction of sp³-hybridized carbons (Fsp3) is 0.119. The van der Waals surface area contributed by atoms with Crippen molar-refractivity contribution < 1.29 is 39.4 Å². The zero-order valence-electron chi connectivity index (χ0n) is 69.7. The molecule has 2 heterocycles. The summed E-state index contributed by atoms with van der Waals surface area (Å²) < 4.78 is 29.1. The van der Waals surface area contributed by atoms with Crippen LogP contribution in [-0.4, -0.2) is 56.4 Å². The second kappa shape index (κ2) is 27.3. The van der Waals surface area contributed by atoms with E-state index in [9.17, 15) is 10.2 Å². The van der Waals surface area contributed by atoms with Crippen LogP contribution in [0, 0.1) is 0 Å². The second-order valence-electron chi connectivity index (χ2n) is 36.0. The summed E-state index contributed by atoms with van der Waals surface area (Å²) in [4.78, 5) is 0. The maximum absolute atomic E-state index is 15.3. The van der Waals surface area contributed by atoms with Gasteiger partial charge >= 0.3 is 0 Å². The minimum absolute atomic E-state index is 0.673. The molecule has 0 spiro atoms. The Kier molecular flexibility index (Phi) is 16.2. The van der Waals surface area contributed by atoms with Crippen LogP contribution in [0.15, 0.2) is 388 Å². The third kappa shape index (κ3) is 10.7. The summed E-state index contributed by atoms with van der Waals surface area (Å²) in [5.41, 5.74) is -2.15. The molecule has 8 nitrogen and oxygen atoms in total. The number of rotatable bonds is 12. The molecular weight excluding hydrogens is 1550 g/mol. The van der Waals surface area contributed by atoms with E-state index in [1.165, 1.54) is 0 Å². The topological polar surface area (TPSA) is 118 Å². The minimum Gasteiger partial charge on any atom is -0.377 e. The number of aliphatic hydroxyl groups is 4. The Morgan fingerprint density at radius 1 is 0.159 bits per heavy atom. The molecule has 0 radical (unpaired) electrons. The van der Waals surface area contributed by atoms with Crippen molar-refractivity contribution in [2.24, 2.45) is 0 Å². The molecule has 2 aliphatic heterocycles. The highest BCUT2D eigenvalue weighted by Gasteiger charge is 2.65. The van der Waals surface area contributed by atoms with Crippen molar-refractivity contribution >= 4 is 172 Å². The zero-order valence-corrected chi connectivity index (χ0v) is 69.7. The highest BCUT2D eigenvalue weighted by molar-refractivity contribution is 6.28. The average Bonchev–Trinajstić information content (AvgIpc) is 1.47. The summed E-state index contributed by atoms with van der Waals surface area (Å²) in [5.74, 6) is -2.47. The standard InChI is InChI=1S/C71H46O4.C47H38O4/c1-69(2)74-67(70(72,55-35-27-47-19-15-39-7-3-11-43-23-31-51(55)63(47)59(39)43)56-36-28-48-20-16-40-8-4-12-44-24-32-52(56)64(48)60(40)44)68(75-69)71(73,57-37-29-49-21-17-41-9-5-13-45-25-33-53(57)65(49)61(41)45)58-38-30-50-22-18-42-10-6-14-46-26-34-54(58)66(50)62(42)46;1-45(2)50-43(46(48,39-27-11-19-31-15-3-7-23-35(31)39)40-28-12-20-32-16-4-8-24-36(32)40)44(51-45)47(49,41-29-13-21-33-17-5-9-25-37(33)41)42-30-14-22-34-18-6-10-26-38(34)42/h3-38,67-68,72-73H,1-2H3;3-30,43-44,48-49H,1-2H3/t67-,68-;43-,44-/m11/s1. The van der Waals surface area contributed by atoms with E-state index >= 15 is 10.2 Å². The van der Waals surface area contributed by atoms with Gasteiger partial charge in [0.2, 0.25) is 0 Å². The number of hydrogen-bond donors (Lipinski definition) is 4. The average molecular weight is 1630 g/mol. The van der Waals surface area contributed by atoms with Gasteiger partial charge < -0.3 is 39.4 Å². The van der Waals surface area contributed by atoms with Gasteiger partial charge in [0.05, 0.1) is 0 Å². The van der Waals surface area contributed by atoms with Crippen LogP contribution in [0.3, 0.4) is 0 Å². The Hall–Kier alpha value is -13.8. The van der Waals surface area contributed by atoms with Gasteiger partial charge in [-0.3, -0.25) is 0 Å². The van der Waals surface area contributed by atoms with Crippen molar-refractivity contribution in [2.45, 2.75) is 86.1 Å². The van der Waals surface area contributed by atoms with E-state index in [4.69, 9.17) is 18.9 Å². The summed E-state index contributed by atoms with van der Waals surface area (Å²) in [7, 11) is 0. The van der Waals surface area contributed by atoms with Crippen LogP contribution in [0.1, 0.15) is 72.2 Å². The van der Waals surface area contributed by atoms with E-state index in [0.29, 0.717) is 44.5 Å². The van der Waals surface area contributed by atoms with E-state index in [-0.39, 0.29) is 0 Å². The van der Waals surface area contributed by atoms with Gasteiger partial charge in [-0.2, -0.15) is 0 Å². The van der Waals surface area contributed by atoms with Crippen molar-refractivity contribution in [1.29, 1.82) is 0 Å². The van der Waals surface area contributed by atoms with Crippen LogP contribution in [0.25, 0.3) is 172 Å². The lowest BCUT2D eigenvalue weighted by Gasteiger charge is -2.44. The predicted octanol–water partition coefficient (Wildman–Crippen LogP) is 27.0. The van der Waals surface area contributed by atoms with Crippen molar-refractivity contribution in [3.63, 3.8) is 0 Å². The van der Waals surface area contributed by atoms with E-state index in [0.717, 1.165) is 172 Å². The molecular formula is C118H84O8. The molecule has 26 rings (SSSR count). The fourth-order valence-electron chi connectivity index (χ4n) is 23.1. The Morgan fingerprint density at radius 2 is 0.310 bits per heavy atom. The molecule has 0 aromatic heterocycles. The molecule has 0 amide bonds. The first-order valence-electron chi connectivity index (χ1n) is 43.7. The third-order valence-electron chi connectivity index (χ3n) is 28.4. The van der Waals surface area contributed by atoms with Gasteiger partial charge in [-0.25, -0.2) is 0 Å². The summed E-state index contributed by atoms with van der Waals surface area (Å²) in [6.07, 6.45) is -4.61. The molecule has 4 atom stereocenters. The van der Waals surface area contributed by atoms with E-state index < -0.39 is 58.4 Å². The van der Waals surface area contributed by atoms with Crippen LogP contribution < -0.4 is 0 Å². The van der Waals surface area contributed by atoms with Gasteiger partial charge in [0.1, 0.15) is 46.8 Å². The molecule has 8 heteroatoms. The lowest BCUT2D eigenvalue weighted by Crippen LogP contribution is -2.55. The molecule has 0 aliphatic carbocycles. The van der Waals surface area contributed by atoms with Crippen LogP contribution in [0.4, 0.5) is 0 Å². The molecule has 4 N–H and O–H groups in total. The molecule has 604 valence electrons. The van der Waals surface area contributed by atoms with Crippen molar-refractivity contribution in [1.82, 2.24) is 0 Å². The molecule has 0 unspecified atom stereocenters. The quantitative estimate of drug-likeness (QED) is 0.0894. The molecule has 24 aromatic rings. The van der Waals surface area contributed by atoms with Crippen molar-refractivity contribution in [3.05, 3.63) is 433 Å². The lowest BCUT2D eigenvalue weighted by molar-refractivity contribution is -0.172. The molecule has 126 heavy (non-hydrogen) atoms. The summed E-state index contributed by atoms with van der Waals surface area (Å²) in [6, 6.07) is 134. The zero-order chi connectivity index (χ0) is 84.5. The van der Waals surface area contributed by atoms with Gasteiger partial charge in [0.15, 0.2) is 11.6 Å². The van der Waals surface area contributed by atoms with Gasteiger partial charge in [0.25, 0.3) is 0 Å². The fourth-order valence-corrected chi connectivity index (χ4v) is 23.1. The molecule has 2 saturated heterocycles. The number of fused-ring (bicyclic) bond motifs is 4. The largest absolute Gasteiger partial charge is 0.377 e. The van der Waals surface area contributed by atoms with Crippen LogP contribution in [0.2, 0.25) is 0 Å². The molecule has 0 bridgehead atoms. The SMILES string of the molecule is CC1(C)O[C@@H](C(O)(c2ccc3ccc4cccc5ccc2c3c45)c2ccc3ccc4cccc5ccc2c3c45)[C@H](C(O)(c2ccc3ccc4cccc5ccc2c3c45)c2ccc3ccc4cccc5ccc2c3c45)O1.CC1(C)O[C@@H](C(O)(c2cccc3ccccc23)c2cccc3ccccc23)[C@H](C(O)(c2cccc3ccccc23)c2cccc3ccccc23)O1. The van der Waals surface area contributed by atoms with Crippen molar-refractivity contribution in [2.75, 3.05) is 0 Å². The van der Waals surface area contributed by atoms with E-state index in [2.05, 4.69) is 267 Å². The van der Waals surface area contributed by atoms with Gasteiger partial charge in [-0.05, 0) is 245 Å². The molecule has 0 saturated carbocycles. The Morgan fingerprint density at radius 3 is 0.524 bits per heavy atom. The van der Waals surface area contributed by atoms with Crippen LogP contribution in [-0.2, 0) is 41.4 Å². The number of benzene rings is 24. The first-order chi connectivity index (χ1) is 61.4. The number of hydrogen-bond acceptors (Lipinski definition) is 8. The summed E-state index contributed by atoms with van der Waals surface area (Å²) >= 11 is 0. The normalized spacial score (nSPS) is 17.2. The lowest BCUT2D eigenvalue weighted by atomic mass is 9.68. The second-order valence-corrected chi connectivity index (χ2v) is 36.0. The van der Waals surface area contributed by atoms with Crippen LogP contribution in [0.5, 0.6) is 0 Å². The van der Waals surface area contributed by atoms with Gasteiger partial charge in [-0.1, -0.05) is 388 Å². The molecule has 2 aliphatic rings. The van der Waals surface area contributed by atoms with Gasteiger partial charge in [-0.15, -0.1) is 0 Å². The van der Waals surface area contributed by atoms with Crippen molar-refractivity contribution in [3.8, 4) is 0 Å². The highest BCUT2D eigenvalue weighted by Crippen LogP contribution is 2.59. The summed E-state index contributed by atoms with van der Waals surface area (Å²) in [6.45, 7) is 7.56. The van der Waals surface area contributed by atoms with Crippen LogP contribution >= 0.6 is 0 Å². The molecule has 24 aromatic carbocycles. The van der Waals surface area contributed by atoms with E-state index in [1.54, 1.807) is 0 Å².